The minimum absolute atomic E-state index is 0.0437. The van der Waals surface area contributed by atoms with E-state index in [2.05, 4.69) is 13.8 Å². The fraction of sp³-hybridized carbons (Fsp3) is 0.400. The summed E-state index contributed by atoms with van der Waals surface area (Å²) in [7, 11) is -0.656. The molecule has 0 saturated carbocycles. The van der Waals surface area contributed by atoms with Crippen LogP contribution >= 0.6 is 7.14 Å². The third kappa shape index (κ3) is 2.40. The summed E-state index contributed by atoms with van der Waals surface area (Å²) in [5.41, 5.74) is 1.91. The van der Waals surface area contributed by atoms with E-state index in [0.29, 0.717) is 5.92 Å². The number of aromatic nitrogens is 1. The van der Waals surface area contributed by atoms with Crippen LogP contribution in [0.3, 0.4) is 0 Å². The predicted octanol–water partition coefficient (Wildman–Crippen LogP) is 2.91. The molecule has 0 saturated heterocycles. The Labute approximate surface area is 113 Å². The third-order valence-electron chi connectivity index (χ3n) is 3.47. The Kier molecular flexibility index (Phi) is 3.44. The van der Waals surface area contributed by atoms with Crippen molar-refractivity contribution in [1.29, 1.82) is 0 Å². The van der Waals surface area contributed by atoms with Crippen molar-refractivity contribution >= 4 is 23.3 Å². The first-order valence-corrected chi connectivity index (χ1v) is 9.02. The lowest BCUT2D eigenvalue weighted by molar-refractivity contribution is 0.588. The summed E-state index contributed by atoms with van der Waals surface area (Å²) in [6.45, 7) is 7.78. The molecule has 2 aromatic rings. The molecule has 0 radical (unpaired) electrons. The Morgan fingerprint density at radius 1 is 1.11 bits per heavy atom. The molecule has 4 heteroatoms. The summed E-state index contributed by atoms with van der Waals surface area (Å²) >= 11 is 0. The van der Waals surface area contributed by atoms with Gasteiger partial charge in [-0.3, -0.25) is 4.79 Å². The van der Waals surface area contributed by atoms with Gasteiger partial charge < -0.3 is 9.13 Å². The molecule has 1 aromatic heterocycles. The number of fused-ring (bicyclic) bond motifs is 1. The molecule has 0 aliphatic rings. The van der Waals surface area contributed by atoms with Gasteiger partial charge in [-0.1, -0.05) is 19.9 Å². The van der Waals surface area contributed by atoms with Crippen LogP contribution in [0.15, 0.2) is 29.1 Å². The van der Waals surface area contributed by atoms with Crippen molar-refractivity contribution < 1.29 is 4.57 Å². The van der Waals surface area contributed by atoms with Crippen molar-refractivity contribution in [1.82, 2.24) is 4.57 Å². The second kappa shape index (κ2) is 4.64. The number of hydrogen-bond acceptors (Lipinski definition) is 2. The van der Waals surface area contributed by atoms with Crippen LogP contribution in [0.2, 0.25) is 0 Å². The maximum atomic E-state index is 12.7. The number of rotatable bonds is 2. The average Bonchev–Trinajstić information content (AvgIpc) is 2.31. The van der Waals surface area contributed by atoms with Crippen LogP contribution in [-0.2, 0) is 11.6 Å². The van der Waals surface area contributed by atoms with E-state index < -0.39 is 7.14 Å². The average molecular weight is 277 g/mol. The second-order valence-electron chi connectivity index (χ2n) is 5.67. The third-order valence-corrected chi connectivity index (χ3v) is 5.05. The minimum atomic E-state index is -2.41. The zero-order valence-corrected chi connectivity index (χ0v) is 13.0. The van der Waals surface area contributed by atoms with Gasteiger partial charge in [-0.05, 0) is 36.9 Å². The maximum absolute atomic E-state index is 12.7. The minimum Gasteiger partial charge on any atom is -0.319 e. The summed E-state index contributed by atoms with van der Waals surface area (Å²) in [5.74, 6) is 0.310. The van der Waals surface area contributed by atoms with Crippen molar-refractivity contribution in [2.75, 3.05) is 13.3 Å². The van der Waals surface area contributed by atoms with Gasteiger partial charge >= 0.3 is 0 Å². The van der Waals surface area contributed by atoms with Crippen LogP contribution in [0.25, 0.3) is 10.9 Å². The van der Waals surface area contributed by atoms with Gasteiger partial charge in [-0.25, -0.2) is 0 Å². The number of pyridine rings is 1. The van der Waals surface area contributed by atoms with Gasteiger partial charge in [0.1, 0.15) is 7.14 Å². The van der Waals surface area contributed by atoms with Crippen molar-refractivity contribution in [3.05, 3.63) is 40.2 Å². The van der Waals surface area contributed by atoms with Gasteiger partial charge in [0.25, 0.3) is 5.56 Å². The number of hydrogen-bond donors (Lipinski definition) is 0. The SMILES string of the molecule is CC(C)c1ccc2c(ccc(=O)n2C)c1P(C)(C)=O. The lowest BCUT2D eigenvalue weighted by Gasteiger charge is -2.19. The Bertz CT molecular complexity index is 738. The standard InChI is InChI=1S/C15H20NO2P/c1-10(2)11-6-8-13-12(15(11)19(4,5)18)7-9-14(17)16(13)3/h6-10H,1-5H3. The highest BCUT2D eigenvalue weighted by molar-refractivity contribution is 7.70. The summed E-state index contributed by atoms with van der Waals surface area (Å²) in [4.78, 5) is 11.7. The Hall–Kier alpha value is -1.34. The van der Waals surface area contributed by atoms with Crippen molar-refractivity contribution in [2.24, 2.45) is 7.05 Å². The molecule has 0 N–H and O–H groups in total. The summed E-state index contributed by atoms with van der Waals surface area (Å²) < 4.78 is 14.3. The number of benzene rings is 1. The first kappa shape index (κ1) is 14.1. The fourth-order valence-corrected chi connectivity index (χ4v) is 4.25. The quantitative estimate of drug-likeness (QED) is 0.792. The molecule has 0 spiro atoms. The van der Waals surface area contributed by atoms with E-state index in [1.54, 1.807) is 37.1 Å². The van der Waals surface area contributed by atoms with E-state index >= 15 is 0 Å². The predicted molar refractivity (Wildman–Crippen MR) is 82.4 cm³/mol. The molecule has 3 nitrogen and oxygen atoms in total. The summed E-state index contributed by atoms with van der Waals surface area (Å²) in [6.07, 6.45) is 0. The lowest BCUT2D eigenvalue weighted by atomic mass is 10.0. The van der Waals surface area contributed by atoms with Crippen molar-refractivity contribution in [2.45, 2.75) is 19.8 Å². The molecule has 0 unspecified atom stereocenters. The van der Waals surface area contributed by atoms with Crippen LogP contribution in [0, 0.1) is 0 Å². The van der Waals surface area contributed by atoms with Crippen LogP contribution in [0.5, 0.6) is 0 Å². The molecule has 0 aliphatic heterocycles. The van der Waals surface area contributed by atoms with E-state index in [1.165, 1.54) is 0 Å². The van der Waals surface area contributed by atoms with Crippen LogP contribution in [0.1, 0.15) is 25.3 Å². The topological polar surface area (TPSA) is 39.1 Å². The molecular weight excluding hydrogens is 257 g/mol. The Morgan fingerprint density at radius 3 is 2.26 bits per heavy atom. The largest absolute Gasteiger partial charge is 0.319 e. The smallest absolute Gasteiger partial charge is 0.250 e. The van der Waals surface area contributed by atoms with Crippen molar-refractivity contribution in [3.63, 3.8) is 0 Å². The van der Waals surface area contributed by atoms with Crippen LogP contribution in [-0.4, -0.2) is 17.9 Å². The number of nitrogens with zero attached hydrogens (tertiary/aromatic N) is 1. The molecular formula is C15H20NO2P. The first-order valence-electron chi connectivity index (χ1n) is 6.41. The van der Waals surface area contributed by atoms with Gasteiger partial charge in [-0.15, -0.1) is 0 Å². The van der Waals surface area contributed by atoms with E-state index in [1.807, 2.05) is 12.1 Å². The summed E-state index contributed by atoms with van der Waals surface area (Å²) in [5, 5.41) is 1.84. The molecule has 1 heterocycles. The van der Waals surface area contributed by atoms with Crippen LogP contribution < -0.4 is 10.9 Å². The van der Waals surface area contributed by atoms with Crippen molar-refractivity contribution in [3.8, 4) is 0 Å². The molecule has 1 aromatic carbocycles. The maximum Gasteiger partial charge on any atom is 0.250 e. The Morgan fingerprint density at radius 2 is 1.74 bits per heavy atom. The molecule has 0 aliphatic carbocycles. The van der Waals surface area contributed by atoms with E-state index in [4.69, 9.17) is 0 Å². The van der Waals surface area contributed by atoms with Gasteiger partial charge in [0.05, 0.1) is 5.52 Å². The van der Waals surface area contributed by atoms with Gasteiger partial charge in [0.2, 0.25) is 0 Å². The Balaban J connectivity index is 3.01. The molecule has 0 atom stereocenters. The van der Waals surface area contributed by atoms with Gasteiger partial charge in [0.15, 0.2) is 0 Å². The molecule has 0 amide bonds. The van der Waals surface area contributed by atoms with E-state index in [9.17, 15) is 9.36 Å². The van der Waals surface area contributed by atoms with Gasteiger partial charge in [0, 0.05) is 23.8 Å². The fourth-order valence-electron chi connectivity index (χ4n) is 2.52. The van der Waals surface area contributed by atoms with E-state index in [-0.39, 0.29) is 5.56 Å². The molecule has 0 fully saturated rings. The number of aryl methyl sites for hydroxylation is 1. The van der Waals surface area contributed by atoms with E-state index in [0.717, 1.165) is 21.8 Å². The molecule has 102 valence electrons. The highest BCUT2D eigenvalue weighted by atomic mass is 31.2. The van der Waals surface area contributed by atoms with Gasteiger partial charge in [-0.2, -0.15) is 0 Å². The first-order chi connectivity index (χ1) is 8.73. The monoisotopic (exact) mass is 277 g/mol. The summed E-state index contributed by atoms with van der Waals surface area (Å²) in [6, 6.07) is 7.30. The molecule has 2 rings (SSSR count). The second-order valence-corrected chi connectivity index (χ2v) is 8.82. The normalized spacial score (nSPS) is 12.3. The van der Waals surface area contributed by atoms with Crippen LogP contribution in [0.4, 0.5) is 0 Å². The zero-order valence-electron chi connectivity index (χ0n) is 12.1. The highest BCUT2D eigenvalue weighted by Crippen LogP contribution is 2.40. The zero-order chi connectivity index (χ0) is 14.4. The lowest BCUT2D eigenvalue weighted by Crippen LogP contribution is -2.20. The highest BCUT2D eigenvalue weighted by Gasteiger charge is 2.21. The molecule has 0 bridgehead atoms. The molecule has 19 heavy (non-hydrogen) atoms.